The third-order valence-corrected chi connectivity index (χ3v) is 5.07. The van der Waals surface area contributed by atoms with E-state index >= 15 is 0 Å². The van der Waals surface area contributed by atoms with E-state index in [1.165, 1.54) is 15.8 Å². The van der Waals surface area contributed by atoms with Gasteiger partial charge in [-0.3, -0.25) is 9.59 Å². The lowest BCUT2D eigenvalue weighted by Crippen LogP contribution is -2.33. The Morgan fingerprint density at radius 2 is 1.88 bits per heavy atom. The number of rotatable bonds is 3. The van der Waals surface area contributed by atoms with Crippen LogP contribution in [-0.2, 0) is 24.7 Å². The highest BCUT2D eigenvalue weighted by Crippen LogP contribution is 2.29. The molecule has 5 nitrogen and oxygen atoms in total. The van der Waals surface area contributed by atoms with Gasteiger partial charge < -0.3 is 5.32 Å². The average molecular weight is 347 g/mol. The normalized spacial score (nSPS) is 16.3. The van der Waals surface area contributed by atoms with Gasteiger partial charge in [0.15, 0.2) is 0 Å². The van der Waals surface area contributed by atoms with Crippen LogP contribution in [0.15, 0.2) is 53.3 Å². The molecule has 3 aromatic rings. The van der Waals surface area contributed by atoms with Crippen LogP contribution in [-0.4, -0.2) is 15.7 Å². The fourth-order valence-corrected chi connectivity index (χ4v) is 3.81. The molecule has 1 aliphatic rings. The van der Waals surface area contributed by atoms with Crippen molar-refractivity contribution >= 4 is 16.7 Å². The lowest BCUT2D eigenvalue weighted by Gasteiger charge is -2.26. The highest BCUT2D eigenvalue weighted by Gasteiger charge is 2.22. The minimum Gasteiger partial charge on any atom is -0.349 e. The Labute approximate surface area is 151 Å². The second-order valence-electron chi connectivity index (χ2n) is 6.81. The second kappa shape index (κ2) is 6.75. The first-order chi connectivity index (χ1) is 12.6. The minimum atomic E-state index is -0.147. The van der Waals surface area contributed by atoms with Gasteiger partial charge in [-0.15, -0.1) is 0 Å². The molecule has 1 aliphatic carbocycles. The van der Waals surface area contributed by atoms with E-state index < -0.39 is 0 Å². The predicted molar refractivity (Wildman–Crippen MR) is 101 cm³/mol. The number of carbonyl (C=O) groups is 1. The summed E-state index contributed by atoms with van der Waals surface area (Å²) in [6.45, 7) is 0. The standard InChI is InChI=1S/C21H21N3O2/c1-24-21(26)17-11-5-4-10-16(17)19(23-24)13-20(25)22-18-12-6-8-14-7-2-3-9-15(14)18/h2-5,7,9-11,18H,6,8,12-13H2,1H3,(H,22,25)/t18-/m1/s1. The monoisotopic (exact) mass is 347 g/mol. The van der Waals surface area contributed by atoms with Crippen LogP contribution in [0, 0.1) is 0 Å². The van der Waals surface area contributed by atoms with Gasteiger partial charge in [-0.1, -0.05) is 42.5 Å². The van der Waals surface area contributed by atoms with Crippen molar-refractivity contribution in [1.29, 1.82) is 0 Å². The van der Waals surface area contributed by atoms with E-state index in [9.17, 15) is 9.59 Å². The van der Waals surface area contributed by atoms with E-state index in [1.54, 1.807) is 13.1 Å². The van der Waals surface area contributed by atoms with Crippen LogP contribution < -0.4 is 10.9 Å². The summed E-state index contributed by atoms with van der Waals surface area (Å²) in [6, 6.07) is 15.7. The SMILES string of the molecule is Cn1nc(CC(=O)N[C@@H]2CCCc3ccccc32)c2ccccc2c1=O. The number of benzene rings is 2. The Morgan fingerprint density at radius 3 is 2.73 bits per heavy atom. The number of nitrogens with zero attached hydrogens (tertiary/aromatic N) is 2. The van der Waals surface area contributed by atoms with Crippen LogP contribution in [0.4, 0.5) is 0 Å². The highest BCUT2D eigenvalue weighted by molar-refractivity contribution is 5.88. The maximum atomic E-state index is 12.7. The molecule has 0 saturated carbocycles. The smallest absolute Gasteiger partial charge is 0.274 e. The lowest BCUT2D eigenvalue weighted by molar-refractivity contribution is -0.121. The Morgan fingerprint density at radius 1 is 1.15 bits per heavy atom. The fraction of sp³-hybridized carbons (Fsp3) is 0.286. The summed E-state index contributed by atoms with van der Waals surface area (Å²) in [4.78, 5) is 24.9. The molecule has 0 unspecified atom stereocenters. The maximum Gasteiger partial charge on any atom is 0.274 e. The van der Waals surface area contributed by atoms with Gasteiger partial charge in [0.2, 0.25) is 5.91 Å². The topological polar surface area (TPSA) is 64.0 Å². The zero-order chi connectivity index (χ0) is 18.1. The van der Waals surface area contributed by atoms with Gasteiger partial charge in [0.1, 0.15) is 0 Å². The first-order valence-electron chi connectivity index (χ1n) is 8.95. The van der Waals surface area contributed by atoms with Gasteiger partial charge in [0.05, 0.1) is 23.5 Å². The van der Waals surface area contributed by atoms with Crippen molar-refractivity contribution in [1.82, 2.24) is 15.1 Å². The van der Waals surface area contributed by atoms with Crippen molar-refractivity contribution in [3.8, 4) is 0 Å². The molecule has 5 heteroatoms. The van der Waals surface area contributed by atoms with Crippen LogP contribution in [0.1, 0.15) is 35.7 Å². The Kier molecular flexibility index (Phi) is 4.29. The zero-order valence-electron chi connectivity index (χ0n) is 14.7. The second-order valence-corrected chi connectivity index (χ2v) is 6.81. The van der Waals surface area contributed by atoms with E-state index in [-0.39, 0.29) is 23.9 Å². The first kappa shape index (κ1) is 16.5. The molecule has 0 bridgehead atoms. The van der Waals surface area contributed by atoms with Crippen LogP contribution in [0.3, 0.4) is 0 Å². The molecule has 1 aromatic heterocycles. The molecule has 0 fully saturated rings. The molecular weight excluding hydrogens is 326 g/mol. The number of aromatic nitrogens is 2. The maximum absolute atomic E-state index is 12.7. The van der Waals surface area contributed by atoms with Crippen LogP contribution in [0.5, 0.6) is 0 Å². The largest absolute Gasteiger partial charge is 0.349 e. The zero-order valence-corrected chi connectivity index (χ0v) is 14.7. The van der Waals surface area contributed by atoms with Gasteiger partial charge in [-0.2, -0.15) is 5.10 Å². The number of hydrogen-bond donors (Lipinski definition) is 1. The molecule has 1 heterocycles. The van der Waals surface area contributed by atoms with Crippen molar-refractivity contribution < 1.29 is 4.79 Å². The molecule has 26 heavy (non-hydrogen) atoms. The number of hydrogen-bond acceptors (Lipinski definition) is 3. The molecule has 1 amide bonds. The summed E-state index contributed by atoms with van der Waals surface area (Å²) in [5, 5.41) is 8.82. The number of carbonyl (C=O) groups excluding carboxylic acids is 1. The summed E-state index contributed by atoms with van der Waals surface area (Å²) in [5.41, 5.74) is 3.01. The van der Waals surface area contributed by atoms with E-state index in [0.717, 1.165) is 24.6 Å². The molecule has 0 spiro atoms. The summed E-state index contributed by atoms with van der Waals surface area (Å²) in [5.74, 6) is -0.0667. The van der Waals surface area contributed by atoms with Gasteiger partial charge in [-0.05, 0) is 36.5 Å². The summed E-state index contributed by atoms with van der Waals surface area (Å²) < 4.78 is 1.31. The van der Waals surface area contributed by atoms with Crippen molar-refractivity contribution in [3.63, 3.8) is 0 Å². The summed E-state index contributed by atoms with van der Waals surface area (Å²) in [7, 11) is 1.62. The first-order valence-corrected chi connectivity index (χ1v) is 8.95. The molecule has 1 N–H and O–H groups in total. The quantitative estimate of drug-likeness (QED) is 0.792. The molecule has 4 rings (SSSR count). The summed E-state index contributed by atoms with van der Waals surface area (Å²) in [6.07, 6.45) is 3.25. The molecule has 2 aromatic carbocycles. The Bertz CT molecular complexity index is 1040. The van der Waals surface area contributed by atoms with Crippen LogP contribution in [0.25, 0.3) is 10.8 Å². The fourth-order valence-electron chi connectivity index (χ4n) is 3.81. The average Bonchev–Trinajstić information content (AvgIpc) is 2.66. The van der Waals surface area contributed by atoms with Crippen LogP contribution >= 0.6 is 0 Å². The van der Waals surface area contributed by atoms with Gasteiger partial charge >= 0.3 is 0 Å². The van der Waals surface area contributed by atoms with E-state index in [1.807, 2.05) is 30.3 Å². The van der Waals surface area contributed by atoms with E-state index in [4.69, 9.17) is 0 Å². The summed E-state index contributed by atoms with van der Waals surface area (Å²) >= 11 is 0. The molecule has 0 aliphatic heterocycles. The third kappa shape index (κ3) is 3.01. The third-order valence-electron chi connectivity index (χ3n) is 5.07. The van der Waals surface area contributed by atoms with E-state index in [0.29, 0.717) is 11.1 Å². The number of fused-ring (bicyclic) bond motifs is 2. The van der Waals surface area contributed by atoms with E-state index in [2.05, 4.69) is 22.5 Å². The van der Waals surface area contributed by atoms with Gasteiger partial charge in [0, 0.05) is 12.4 Å². The molecule has 1 atom stereocenters. The number of nitrogens with one attached hydrogen (secondary N) is 1. The predicted octanol–water partition coefficient (Wildman–Crippen LogP) is 2.67. The molecular formula is C21H21N3O2. The van der Waals surface area contributed by atoms with Crippen LogP contribution in [0.2, 0.25) is 0 Å². The Hall–Kier alpha value is -2.95. The minimum absolute atomic E-state index is 0.0474. The highest BCUT2D eigenvalue weighted by atomic mass is 16.1. The molecule has 0 saturated heterocycles. The number of aryl methyl sites for hydroxylation is 2. The van der Waals surface area contributed by atoms with Gasteiger partial charge in [-0.25, -0.2) is 4.68 Å². The molecule has 132 valence electrons. The van der Waals surface area contributed by atoms with Gasteiger partial charge in [0.25, 0.3) is 5.56 Å². The van der Waals surface area contributed by atoms with Crippen molar-refractivity contribution in [2.24, 2.45) is 7.05 Å². The van der Waals surface area contributed by atoms with Crippen molar-refractivity contribution in [3.05, 3.63) is 75.7 Å². The Balaban J connectivity index is 1.60. The van der Waals surface area contributed by atoms with Crippen molar-refractivity contribution in [2.75, 3.05) is 0 Å². The number of amides is 1. The lowest BCUT2D eigenvalue weighted by atomic mass is 9.87. The van der Waals surface area contributed by atoms with Crippen molar-refractivity contribution in [2.45, 2.75) is 31.7 Å². The molecule has 0 radical (unpaired) electrons.